The first kappa shape index (κ1) is 31.7. The summed E-state index contributed by atoms with van der Waals surface area (Å²) >= 11 is 0. The van der Waals surface area contributed by atoms with Crippen LogP contribution in [-0.2, 0) is 28.3 Å². The normalized spacial score (nSPS) is 13.6. The standard InChI is InChI=1S/C23H49NO7P/c1-3-4-5-6-7-8-9-10-11-12-13-14-15-16-18-27-20-23(28-22-26-2)21-30-32(25)31-29-19-17-24/h16,18,23,25,32H,3-15,17,19-22,24H2,1-2H3/q+1. The Hall–Kier alpha value is -0.310. The van der Waals surface area contributed by atoms with Gasteiger partial charge in [0.2, 0.25) is 0 Å². The van der Waals surface area contributed by atoms with Gasteiger partial charge in [-0.3, -0.25) is 0 Å². The summed E-state index contributed by atoms with van der Waals surface area (Å²) in [7, 11) is -0.973. The van der Waals surface area contributed by atoms with Crippen LogP contribution in [0.15, 0.2) is 12.3 Å². The molecular weight excluding hydrogens is 433 g/mol. The third-order valence-corrected chi connectivity index (χ3v) is 5.52. The number of hydrogen-bond acceptors (Lipinski definition) is 8. The van der Waals surface area contributed by atoms with Crippen molar-refractivity contribution in [2.45, 2.75) is 96.5 Å². The summed E-state index contributed by atoms with van der Waals surface area (Å²) in [5.41, 5.74) is 5.27. The Morgan fingerprint density at radius 3 is 2.12 bits per heavy atom. The molecule has 0 bridgehead atoms. The first-order chi connectivity index (χ1) is 15.7. The predicted molar refractivity (Wildman–Crippen MR) is 130 cm³/mol. The molecule has 9 heteroatoms. The van der Waals surface area contributed by atoms with Gasteiger partial charge in [0.25, 0.3) is 0 Å². The van der Waals surface area contributed by atoms with Gasteiger partial charge >= 0.3 is 8.60 Å². The highest BCUT2D eigenvalue weighted by Crippen LogP contribution is 2.33. The van der Waals surface area contributed by atoms with Crippen LogP contribution in [0, 0.1) is 0 Å². The van der Waals surface area contributed by atoms with Crippen LogP contribution in [0.3, 0.4) is 0 Å². The molecule has 0 aliphatic carbocycles. The third kappa shape index (κ3) is 24.3. The summed E-state index contributed by atoms with van der Waals surface area (Å²) in [6.07, 6.45) is 20.6. The molecule has 32 heavy (non-hydrogen) atoms. The highest BCUT2D eigenvalue weighted by Gasteiger charge is 2.21. The van der Waals surface area contributed by atoms with Crippen molar-refractivity contribution in [2.24, 2.45) is 5.73 Å². The second-order valence-corrected chi connectivity index (χ2v) is 8.84. The van der Waals surface area contributed by atoms with Crippen molar-refractivity contribution in [2.75, 3.05) is 40.3 Å². The molecule has 0 rings (SSSR count). The Morgan fingerprint density at radius 2 is 1.53 bits per heavy atom. The summed E-state index contributed by atoms with van der Waals surface area (Å²) in [5, 5.41) is 0. The lowest BCUT2D eigenvalue weighted by Crippen LogP contribution is -2.25. The van der Waals surface area contributed by atoms with Crippen LogP contribution < -0.4 is 5.73 Å². The van der Waals surface area contributed by atoms with E-state index in [1.807, 2.05) is 6.08 Å². The summed E-state index contributed by atoms with van der Waals surface area (Å²) in [5.74, 6) is 0. The van der Waals surface area contributed by atoms with E-state index in [2.05, 4.69) is 16.5 Å². The Labute approximate surface area is 197 Å². The molecule has 0 saturated heterocycles. The van der Waals surface area contributed by atoms with Gasteiger partial charge in [0, 0.05) is 13.7 Å². The topological polar surface area (TPSA) is 102 Å². The zero-order valence-electron chi connectivity index (χ0n) is 20.4. The predicted octanol–water partition coefficient (Wildman–Crippen LogP) is 5.47. The van der Waals surface area contributed by atoms with Gasteiger partial charge in [-0.2, -0.15) is 14.3 Å². The molecular formula is C23H49NO7P+. The van der Waals surface area contributed by atoms with Crippen LogP contribution in [0.4, 0.5) is 0 Å². The monoisotopic (exact) mass is 482 g/mol. The number of methoxy groups -OCH3 is 1. The van der Waals surface area contributed by atoms with Crippen molar-refractivity contribution in [3.8, 4) is 0 Å². The molecule has 0 aromatic heterocycles. The Kier molecular flexibility index (Phi) is 26.7. The van der Waals surface area contributed by atoms with Gasteiger partial charge in [0.1, 0.15) is 26.1 Å². The number of rotatable bonds is 26. The van der Waals surface area contributed by atoms with E-state index in [9.17, 15) is 4.89 Å². The minimum absolute atomic E-state index is 0.104. The van der Waals surface area contributed by atoms with Crippen LogP contribution in [0.5, 0.6) is 0 Å². The first-order valence-corrected chi connectivity index (χ1v) is 13.6. The highest BCUT2D eigenvalue weighted by atomic mass is 31.2. The fraction of sp³-hybridized carbons (Fsp3) is 0.913. The lowest BCUT2D eigenvalue weighted by Gasteiger charge is -2.15. The second-order valence-electron chi connectivity index (χ2n) is 7.85. The first-order valence-electron chi connectivity index (χ1n) is 12.3. The van der Waals surface area contributed by atoms with Gasteiger partial charge in [-0.1, -0.05) is 77.6 Å². The SMILES string of the molecule is CCCCCCCCCCCCCCC=COCC(CO[PH+](O)OOCCN)OCOC. The fourth-order valence-corrected chi connectivity index (χ4v) is 3.60. The molecule has 192 valence electrons. The summed E-state index contributed by atoms with van der Waals surface area (Å²) < 4.78 is 25.8. The van der Waals surface area contributed by atoms with E-state index in [1.54, 1.807) is 13.4 Å². The quantitative estimate of drug-likeness (QED) is 0.0418. The molecule has 2 unspecified atom stereocenters. The zero-order valence-corrected chi connectivity index (χ0v) is 21.4. The number of ether oxygens (including phenoxy) is 3. The van der Waals surface area contributed by atoms with Gasteiger partial charge in [-0.05, 0) is 23.6 Å². The molecule has 0 fully saturated rings. The molecule has 8 nitrogen and oxygen atoms in total. The highest BCUT2D eigenvalue weighted by molar-refractivity contribution is 7.40. The molecule has 0 aliphatic rings. The zero-order chi connectivity index (χ0) is 23.5. The minimum atomic E-state index is -2.51. The molecule has 0 spiro atoms. The fourth-order valence-electron chi connectivity index (χ4n) is 3.04. The molecule has 0 aromatic rings. The van der Waals surface area contributed by atoms with Crippen LogP contribution in [0.1, 0.15) is 90.4 Å². The maximum atomic E-state index is 9.61. The Bertz CT molecular complexity index is 391. The molecule has 0 saturated carbocycles. The summed E-state index contributed by atoms with van der Waals surface area (Å²) in [4.78, 5) is 14.3. The average molecular weight is 483 g/mol. The lowest BCUT2D eigenvalue weighted by molar-refractivity contribution is -0.214. The van der Waals surface area contributed by atoms with Crippen molar-refractivity contribution in [3.05, 3.63) is 12.3 Å². The average Bonchev–Trinajstić information content (AvgIpc) is 2.80. The van der Waals surface area contributed by atoms with Crippen LogP contribution >= 0.6 is 8.60 Å². The summed E-state index contributed by atoms with van der Waals surface area (Å²) in [6, 6.07) is 0. The van der Waals surface area contributed by atoms with E-state index in [0.717, 1.165) is 6.42 Å². The van der Waals surface area contributed by atoms with E-state index in [-0.39, 0.29) is 26.6 Å². The third-order valence-electron chi connectivity index (χ3n) is 4.84. The van der Waals surface area contributed by atoms with Crippen LogP contribution in [-0.4, -0.2) is 51.3 Å². The smallest absolute Gasteiger partial charge is 0.435 e. The molecule has 0 amide bonds. The largest absolute Gasteiger partial charge is 0.499 e. The molecule has 0 radical (unpaired) electrons. The van der Waals surface area contributed by atoms with E-state index in [4.69, 9.17) is 24.5 Å². The number of hydrogen-bond donors (Lipinski definition) is 2. The van der Waals surface area contributed by atoms with Gasteiger partial charge in [-0.25, -0.2) is 0 Å². The van der Waals surface area contributed by atoms with E-state index in [0.29, 0.717) is 6.54 Å². The van der Waals surface area contributed by atoms with Crippen molar-refractivity contribution < 1.29 is 33.2 Å². The number of unbranched alkanes of at least 4 members (excludes halogenated alkanes) is 12. The molecule has 3 N–H and O–H groups in total. The van der Waals surface area contributed by atoms with E-state index < -0.39 is 14.7 Å². The Balaban J connectivity index is 3.62. The van der Waals surface area contributed by atoms with Gasteiger partial charge in [-0.15, -0.1) is 0 Å². The second kappa shape index (κ2) is 26.9. The van der Waals surface area contributed by atoms with Crippen molar-refractivity contribution in [1.29, 1.82) is 0 Å². The minimum Gasteiger partial charge on any atom is -0.499 e. The molecule has 0 heterocycles. The van der Waals surface area contributed by atoms with Crippen molar-refractivity contribution in [3.63, 3.8) is 0 Å². The number of nitrogens with two attached hydrogens (primary N) is 1. The van der Waals surface area contributed by atoms with Gasteiger partial charge < -0.3 is 19.9 Å². The van der Waals surface area contributed by atoms with Crippen LogP contribution in [0.25, 0.3) is 0 Å². The van der Waals surface area contributed by atoms with Crippen LogP contribution in [0.2, 0.25) is 0 Å². The lowest BCUT2D eigenvalue weighted by atomic mass is 10.0. The molecule has 0 aliphatic heterocycles. The van der Waals surface area contributed by atoms with Crippen molar-refractivity contribution in [1.82, 2.24) is 0 Å². The number of allylic oxidation sites excluding steroid dienone is 1. The van der Waals surface area contributed by atoms with Gasteiger partial charge in [0.05, 0.1) is 12.9 Å². The Morgan fingerprint density at radius 1 is 0.906 bits per heavy atom. The van der Waals surface area contributed by atoms with E-state index in [1.165, 1.54) is 77.0 Å². The van der Waals surface area contributed by atoms with Crippen molar-refractivity contribution >= 4 is 8.60 Å². The molecule has 2 atom stereocenters. The van der Waals surface area contributed by atoms with E-state index >= 15 is 0 Å². The summed E-state index contributed by atoms with van der Waals surface area (Å²) in [6.45, 7) is 3.26. The maximum Gasteiger partial charge on any atom is 0.435 e. The van der Waals surface area contributed by atoms with Gasteiger partial charge in [0.15, 0.2) is 0 Å². The molecule has 0 aromatic carbocycles. The maximum absolute atomic E-state index is 9.61.